The Labute approximate surface area is 156 Å². The molecule has 0 saturated carbocycles. The third kappa shape index (κ3) is 4.55. The molecule has 3 rings (SSSR count). The molecule has 1 fully saturated rings. The molecule has 2 N–H and O–H groups in total. The number of amides is 4. The maximum Gasteiger partial charge on any atom is 0.417 e. The summed E-state index contributed by atoms with van der Waals surface area (Å²) in [5.74, 6) is 0.175. The van der Waals surface area contributed by atoms with Crippen molar-refractivity contribution in [3.63, 3.8) is 0 Å². The van der Waals surface area contributed by atoms with E-state index in [0.29, 0.717) is 11.4 Å². The van der Waals surface area contributed by atoms with Crippen molar-refractivity contribution in [2.45, 2.75) is 6.04 Å². The molecule has 8 nitrogen and oxygen atoms in total. The van der Waals surface area contributed by atoms with Gasteiger partial charge in [0.25, 0.3) is 5.91 Å². The van der Waals surface area contributed by atoms with Crippen molar-refractivity contribution in [1.82, 2.24) is 10.2 Å². The number of rotatable bonds is 6. The minimum absolute atomic E-state index is 0.0206. The number of hydrogen-bond acceptors (Lipinski definition) is 5. The minimum Gasteiger partial charge on any atom is -0.497 e. The summed E-state index contributed by atoms with van der Waals surface area (Å²) in [6, 6.07) is 14.9. The Bertz CT molecular complexity index is 824. The van der Waals surface area contributed by atoms with E-state index in [0.717, 1.165) is 10.5 Å². The summed E-state index contributed by atoms with van der Waals surface area (Å²) in [4.78, 5) is 37.0. The Hall–Kier alpha value is -3.55. The molecular weight excluding hydrogens is 350 g/mol. The van der Waals surface area contributed by atoms with E-state index in [9.17, 15) is 14.4 Å². The lowest BCUT2D eigenvalue weighted by molar-refractivity contribution is -0.126. The van der Waals surface area contributed by atoms with Gasteiger partial charge in [-0.25, -0.2) is 14.5 Å². The second-order valence-corrected chi connectivity index (χ2v) is 5.85. The van der Waals surface area contributed by atoms with Crippen LogP contribution in [-0.2, 0) is 9.53 Å². The van der Waals surface area contributed by atoms with Crippen LogP contribution >= 0.6 is 0 Å². The van der Waals surface area contributed by atoms with Gasteiger partial charge in [0.15, 0.2) is 6.61 Å². The van der Waals surface area contributed by atoms with Crippen LogP contribution in [0.5, 0.6) is 5.75 Å². The first kappa shape index (κ1) is 18.2. The van der Waals surface area contributed by atoms with E-state index >= 15 is 0 Å². The highest BCUT2D eigenvalue weighted by Gasteiger charge is 2.33. The number of methoxy groups -OCH3 is 1. The Balaban J connectivity index is 1.73. The average Bonchev–Trinajstić information content (AvgIpc) is 3.00. The summed E-state index contributed by atoms with van der Waals surface area (Å²) in [5.41, 5.74) is 1.31. The van der Waals surface area contributed by atoms with E-state index in [-0.39, 0.29) is 13.2 Å². The topological polar surface area (TPSA) is 97.0 Å². The molecule has 1 aliphatic heterocycles. The number of anilines is 1. The van der Waals surface area contributed by atoms with Crippen LogP contribution in [0, 0.1) is 0 Å². The van der Waals surface area contributed by atoms with Gasteiger partial charge >= 0.3 is 12.1 Å². The molecule has 2 aromatic carbocycles. The van der Waals surface area contributed by atoms with Gasteiger partial charge in [0.1, 0.15) is 5.75 Å². The van der Waals surface area contributed by atoms with Gasteiger partial charge in [-0.1, -0.05) is 36.4 Å². The maximum atomic E-state index is 12.4. The number of urea groups is 1. The van der Waals surface area contributed by atoms with Crippen molar-refractivity contribution in [2.75, 3.05) is 25.6 Å². The molecule has 1 unspecified atom stereocenters. The molecule has 0 bridgehead atoms. The van der Waals surface area contributed by atoms with Crippen LogP contribution in [0.4, 0.5) is 15.3 Å². The number of carbonyl (C=O) groups excluding carboxylic acids is 3. The molecule has 0 aliphatic carbocycles. The van der Waals surface area contributed by atoms with E-state index in [1.807, 2.05) is 30.3 Å². The average molecular weight is 369 g/mol. The molecule has 4 amide bonds. The lowest BCUT2D eigenvalue weighted by atomic mass is 10.1. The number of benzene rings is 2. The Kier molecular flexibility index (Phi) is 5.55. The third-order valence-corrected chi connectivity index (χ3v) is 4.04. The number of imide groups is 1. The summed E-state index contributed by atoms with van der Waals surface area (Å²) in [5, 5.41) is 5.51. The van der Waals surface area contributed by atoms with Crippen LogP contribution in [0.2, 0.25) is 0 Å². The van der Waals surface area contributed by atoms with Crippen molar-refractivity contribution in [3.05, 3.63) is 60.2 Å². The first-order chi connectivity index (χ1) is 13.1. The van der Waals surface area contributed by atoms with Gasteiger partial charge in [-0.3, -0.25) is 4.79 Å². The zero-order valence-corrected chi connectivity index (χ0v) is 14.7. The highest BCUT2D eigenvalue weighted by atomic mass is 16.6. The molecule has 0 aromatic heterocycles. The van der Waals surface area contributed by atoms with Gasteiger partial charge in [0.05, 0.1) is 19.7 Å². The zero-order chi connectivity index (χ0) is 19.2. The number of nitrogens with zero attached hydrogens (tertiary/aromatic N) is 1. The summed E-state index contributed by atoms with van der Waals surface area (Å²) in [6.07, 6.45) is -0.712. The summed E-state index contributed by atoms with van der Waals surface area (Å²) in [6.45, 7) is -0.302. The second-order valence-electron chi connectivity index (χ2n) is 5.85. The van der Waals surface area contributed by atoms with Crippen LogP contribution in [0.3, 0.4) is 0 Å². The van der Waals surface area contributed by atoms with Gasteiger partial charge in [0, 0.05) is 11.8 Å². The predicted octanol–water partition coefficient (Wildman–Crippen LogP) is 2.54. The smallest absolute Gasteiger partial charge is 0.417 e. The number of hydrogen-bond donors (Lipinski definition) is 2. The Morgan fingerprint density at radius 3 is 2.63 bits per heavy atom. The fourth-order valence-corrected chi connectivity index (χ4v) is 2.69. The SMILES string of the molecule is COc1cccc(NC(=O)NC(CN2C(=O)COC2=O)c2ccccc2)c1. The highest BCUT2D eigenvalue weighted by Crippen LogP contribution is 2.19. The molecule has 0 radical (unpaired) electrons. The van der Waals surface area contributed by atoms with Crippen molar-refractivity contribution in [1.29, 1.82) is 0 Å². The van der Waals surface area contributed by atoms with Crippen LogP contribution in [0.15, 0.2) is 54.6 Å². The van der Waals surface area contributed by atoms with Crippen LogP contribution < -0.4 is 15.4 Å². The number of cyclic esters (lactones) is 1. The van der Waals surface area contributed by atoms with E-state index in [1.165, 1.54) is 7.11 Å². The monoisotopic (exact) mass is 369 g/mol. The molecule has 1 atom stereocenters. The minimum atomic E-state index is -0.712. The first-order valence-corrected chi connectivity index (χ1v) is 8.30. The molecule has 1 aliphatic rings. The zero-order valence-electron chi connectivity index (χ0n) is 14.7. The summed E-state index contributed by atoms with van der Waals surface area (Å²) >= 11 is 0. The maximum absolute atomic E-state index is 12.4. The molecule has 1 heterocycles. The molecule has 0 spiro atoms. The Morgan fingerprint density at radius 1 is 1.19 bits per heavy atom. The van der Waals surface area contributed by atoms with Crippen LogP contribution in [0.25, 0.3) is 0 Å². The summed E-state index contributed by atoms with van der Waals surface area (Å²) < 4.78 is 9.87. The van der Waals surface area contributed by atoms with Gasteiger partial charge in [-0.15, -0.1) is 0 Å². The number of carbonyl (C=O) groups is 3. The van der Waals surface area contributed by atoms with E-state index in [1.54, 1.807) is 24.3 Å². The molecule has 1 saturated heterocycles. The Morgan fingerprint density at radius 2 is 1.96 bits per heavy atom. The van der Waals surface area contributed by atoms with Crippen molar-refractivity contribution in [2.24, 2.45) is 0 Å². The summed E-state index contributed by atoms with van der Waals surface area (Å²) in [7, 11) is 1.54. The third-order valence-electron chi connectivity index (χ3n) is 4.04. The largest absolute Gasteiger partial charge is 0.497 e. The predicted molar refractivity (Wildman–Crippen MR) is 97.4 cm³/mol. The molecule has 27 heavy (non-hydrogen) atoms. The second kappa shape index (κ2) is 8.22. The van der Waals surface area contributed by atoms with Crippen LogP contribution in [0.1, 0.15) is 11.6 Å². The van der Waals surface area contributed by atoms with E-state index in [2.05, 4.69) is 10.6 Å². The highest BCUT2D eigenvalue weighted by molar-refractivity contribution is 5.98. The van der Waals surface area contributed by atoms with Crippen LogP contribution in [-0.4, -0.2) is 43.2 Å². The quantitative estimate of drug-likeness (QED) is 0.816. The molecule has 2 aromatic rings. The van der Waals surface area contributed by atoms with Crippen molar-refractivity contribution in [3.8, 4) is 5.75 Å². The lowest BCUT2D eigenvalue weighted by Gasteiger charge is -2.23. The lowest BCUT2D eigenvalue weighted by Crippen LogP contribution is -2.41. The number of nitrogens with one attached hydrogen (secondary N) is 2. The van der Waals surface area contributed by atoms with E-state index in [4.69, 9.17) is 9.47 Å². The number of ether oxygens (including phenoxy) is 2. The standard InChI is InChI=1S/C19H19N3O5/c1-26-15-9-5-8-14(10-15)20-18(24)21-16(13-6-3-2-4-7-13)11-22-17(23)12-27-19(22)25/h2-10,16H,11-12H2,1H3,(H2,20,21,24). The fraction of sp³-hybridized carbons (Fsp3) is 0.211. The normalized spacial score (nSPS) is 14.5. The van der Waals surface area contributed by atoms with E-state index < -0.39 is 24.1 Å². The van der Waals surface area contributed by atoms with Crippen molar-refractivity contribution >= 4 is 23.7 Å². The fourth-order valence-electron chi connectivity index (χ4n) is 2.69. The molecular formula is C19H19N3O5. The van der Waals surface area contributed by atoms with Gasteiger partial charge in [0.2, 0.25) is 0 Å². The molecule has 140 valence electrons. The van der Waals surface area contributed by atoms with Gasteiger partial charge in [-0.2, -0.15) is 0 Å². The van der Waals surface area contributed by atoms with Crippen molar-refractivity contribution < 1.29 is 23.9 Å². The van der Waals surface area contributed by atoms with Gasteiger partial charge in [-0.05, 0) is 17.7 Å². The first-order valence-electron chi connectivity index (χ1n) is 8.30. The van der Waals surface area contributed by atoms with Gasteiger partial charge < -0.3 is 20.1 Å². The molecule has 8 heteroatoms.